The van der Waals surface area contributed by atoms with Crippen molar-refractivity contribution in [3.8, 4) is 11.1 Å². The Morgan fingerprint density at radius 1 is 1.14 bits per heavy atom. The summed E-state index contributed by atoms with van der Waals surface area (Å²) in [5.74, 6) is -2.24. The molecule has 29 heavy (non-hydrogen) atoms. The quantitative estimate of drug-likeness (QED) is 0.679. The Bertz CT molecular complexity index is 1110. The molecule has 1 aliphatic rings. The molecule has 1 atom stereocenters. The van der Waals surface area contributed by atoms with Crippen LogP contribution in [0.1, 0.15) is 11.1 Å². The summed E-state index contributed by atoms with van der Waals surface area (Å²) in [6.07, 6.45) is -1.96. The predicted octanol–water partition coefficient (Wildman–Crippen LogP) is 3.52. The van der Waals surface area contributed by atoms with Gasteiger partial charge in [-0.3, -0.25) is 9.48 Å². The monoisotopic (exact) mass is 405 g/mol. The molecule has 3 aromatic rings. The molecule has 1 amide bonds. The molecule has 2 aromatic carbocycles. The number of nitrogens with zero attached hydrogens (tertiary/aromatic N) is 3. The Kier molecular flexibility index (Phi) is 4.23. The van der Waals surface area contributed by atoms with Crippen LogP contribution in [0.3, 0.4) is 0 Å². The van der Waals surface area contributed by atoms with Gasteiger partial charge in [0.05, 0.1) is 18.4 Å². The van der Waals surface area contributed by atoms with Crippen molar-refractivity contribution in [2.45, 2.75) is 18.3 Å². The molecule has 1 aliphatic heterocycles. The number of anilines is 1. The van der Waals surface area contributed by atoms with Crippen LogP contribution in [0.5, 0.6) is 0 Å². The van der Waals surface area contributed by atoms with Crippen molar-refractivity contribution in [1.29, 1.82) is 0 Å². The third-order valence-electron chi connectivity index (χ3n) is 4.97. The Morgan fingerprint density at radius 2 is 1.86 bits per heavy atom. The van der Waals surface area contributed by atoms with Gasteiger partial charge in [-0.1, -0.05) is 30.3 Å². The van der Waals surface area contributed by atoms with Crippen LogP contribution in [0, 0.1) is 5.82 Å². The minimum absolute atomic E-state index is 0.0206. The summed E-state index contributed by atoms with van der Waals surface area (Å²) in [4.78, 5) is 13.3. The number of amides is 1. The second-order valence-electron chi connectivity index (χ2n) is 6.83. The maximum absolute atomic E-state index is 14.7. The van der Waals surface area contributed by atoms with E-state index in [9.17, 15) is 27.5 Å². The molecule has 1 unspecified atom stereocenters. The number of alkyl halides is 3. The molecule has 0 bridgehead atoms. The van der Waals surface area contributed by atoms with E-state index in [2.05, 4.69) is 5.10 Å². The first kappa shape index (κ1) is 19.1. The van der Waals surface area contributed by atoms with Crippen molar-refractivity contribution in [3.63, 3.8) is 0 Å². The van der Waals surface area contributed by atoms with Crippen LogP contribution < -0.4 is 4.90 Å². The van der Waals surface area contributed by atoms with Crippen molar-refractivity contribution in [1.82, 2.24) is 9.78 Å². The molecule has 0 fully saturated rings. The molecule has 0 saturated carbocycles. The number of aliphatic hydroxyl groups is 1. The molecule has 9 heteroatoms. The number of benzene rings is 2. The van der Waals surface area contributed by atoms with Gasteiger partial charge in [-0.2, -0.15) is 18.3 Å². The minimum atomic E-state index is -5.21. The van der Waals surface area contributed by atoms with Gasteiger partial charge in [-0.05, 0) is 17.7 Å². The molecule has 0 spiro atoms. The van der Waals surface area contributed by atoms with Crippen LogP contribution in [0.2, 0.25) is 0 Å². The lowest BCUT2D eigenvalue weighted by molar-refractivity contribution is -0.253. The first-order chi connectivity index (χ1) is 13.6. The molecule has 0 aliphatic carbocycles. The minimum Gasteiger partial charge on any atom is -0.368 e. The maximum atomic E-state index is 14.7. The highest BCUT2D eigenvalue weighted by Crippen LogP contribution is 2.49. The van der Waals surface area contributed by atoms with Crippen LogP contribution in [0.4, 0.5) is 23.2 Å². The molecule has 150 valence electrons. The van der Waals surface area contributed by atoms with E-state index in [0.29, 0.717) is 11.1 Å². The Hall–Kier alpha value is -3.20. The normalized spacial score (nSPS) is 19.0. The van der Waals surface area contributed by atoms with E-state index in [0.717, 1.165) is 11.0 Å². The lowest BCUT2D eigenvalue weighted by Gasteiger charge is -2.25. The second kappa shape index (κ2) is 6.41. The standard InChI is InChI=1S/C20H15F4N3O2/c1-26-10-14(9-25-26)12-6-7-13(16(21)8-12)11-27-17-5-3-2-4-15(17)19(29,18(27)28)20(22,23)24/h2-10,29H,11H2,1H3. The average molecular weight is 405 g/mol. The zero-order valence-electron chi connectivity index (χ0n) is 15.1. The lowest BCUT2D eigenvalue weighted by Crippen LogP contribution is -2.50. The zero-order valence-corrected chi connectivity index (χ0v) is 15.1. The number of para-hydroxylation sites is 1. The number of hydrogen-bond donors (Lipinski definition) is 1. The number of halogens is 4. The molecule has 5 nitrogen and oxygen atoms in total. The lowest BCUT2D eigenvalue weighted by atomic mass is 9.95. The van der Waals surface area contributed by atoms with Gasteiger partial charge < -0.3 is 10.0 Å². The third-order valence-corrected chi connectivity index (χ3v) is 4.97. The van der Waals surface area contributed by atoms with Crippen molar-refractivity contribution >= 4 is 11.6 Å². The highest BCUT2D eigenvalue weighted by molar-refractivity contribution is 6.07. The van der Waals surface area contributed by atoms with Crippen LogP contribution in [0.25, 0.3) is 11.1 Å². The number of carbonyl (C=O) groups is 1. The van der Waals surface area contributed by atoms with Gasteiger partial charge in [0.1, 0.15) is 5.82 Å². The Balaban J connectivity index is 1.71. The summed E-state index contributed by atoms with van der Waals surface area (Å²) in [5.41, 5.74) is -3.09. The van der Waals surface area contributed by atoms with Crippen LogP contribution in [0.15, 0.2) is 54.9 Å². The smallest absolute Gasteiger partial charge is 0.368 e. The van der Waals surface area contributed by atoms with E-state index < -0.39 is 35.6 Å². The molecule has 2 heterocycles. The largest absolute Gasteiger partial charge is 0.430 e. The average Bonchev–Trinajstić information content (AvgIpc) is 3.19. The second-order valence-corrected chi connectivity index (χ2v) is 6.83. The van der Waals surface area contributed by atoms with Gasteiger partial charge in [0, 0.05) is 29.9 Å². The molecular formula is C20H15F4N3O2. The van der Waals surface area contributed by atoms with Crippen molar-refractivity contribution in [2.75, 3.05) is 4.90 Å². The van der Waals surface area contributed by atoms with Crippen LogP contribution in [-0.4, -0.2) is 27.0 Å². The molecule has 1 N–H and O–H groups in total. The van der Waals surface area contributed by atoms with E-state index in [-0.39, 0.29) is 11.3 Å². The van der Waals surface area contributed by atoms with Crippen molar-refractivity contribution in [3.05, 3.63) is 71.8 Å². The fraction of sp³-hybridized carbons (Fsp3) is 0.200. The van der Waals surface area contributed by atoms with Gasteiger partial charge >= 0.3 is 6.18 Å². The first-order valence-corrected chi connectivity index (χ1v) is 8.61. The maximum Gasteiger partial charge on any atom is 0.430 e. The molecule has 4 rings (SSSR count). The number of fused-ring (bicyclic) bond motifs is 1. The van der Waals surface area contributed by atoms with Gasteiger partial charge in [-0.25, -0.2) is 4.39 Å². The Labute approximate surface area is 162 Å². The zero-order chi connectivity index (χ0) is 21.0. The number of aromatic nitrogens is 2. The number of rotatable bonds is 3. The summed E-state index contributed by atoms with van der Waals surface area (Å²) in [7, 11) is 1.71. The Morgan fingerprint density at radius 3 is 2.48 bits per heavy atom. The van der Waals surface area contributed by atoms with Crippen molar-refractivity contribution in [2.24, 2.45) is 7.05 Å². The summed E-state index contributed by atoms with van der Waals surface area (Å²) < 4.78 is 56.8. The summed E-state index contributed by atoms with van der Waals surface area (Å²) in [5, 5.41) is 14.3. The summed E-state index contributed by atoms with van der Waals surface area (Å²) in [6, 6.07) is 9.31. The first-order valence-electron chi connectivity index (χ1n) is 8.61. The van der Waals surface area contributed by atoms with E-state index in [1.807, 2.05) is 0 Å². The SMILES string of the molecule is Cn1cc(-c2ccc(CN3C(=O)C(O)(C(F)(F)F)c4ccccc43)c(F)c2)cn1. The van der Waals surface area contributed by atoms with E-state index in [1.54, 1.807) is 30.2 Å². The fourth-order valence-electron chi connectivity index (χ4n) is 3.46. The van der Waals surface area contributed by atoms with Gasteiger partial charge in [0.15, 0.2) is 0 Å². The van der Waals surface area contributed by atoms with Gasteiger partial charge in [0.2, 0.25) is 0 Å². The highest BCUT2D eigenvalue weighted by atomic mass is 19.4. The third kappa shape index (κ3) is 2.89. The summed E-state index contributed by atoms with van der Waals surface area (Å²) >= 11 is 0. The fourth-order valence-corrected chi connectivity index (χ4v) is 3.46. The van der Waals surface area contributed by atoms with Gasteiger partial charge in [-0.15, -0.1) is 0 Å². The van der Waals surface area contributed by atoms with E-state index in [1.165, 1.54) is 30.3 Å². The highest BCUT2D eigenvalue weighted by Gasteiger charge is 2.66. The van der Waals surface area contributed by atoms with E-state index in [4.69, 9.17) is 0 Å². The van der Waals surface area contributed by atoms with Crippen molar-refractivity contribution < 1.29 is 27.5 Å². The number of aryl methyl sites for hydroxylation is 1. The van der Waals surface area contributed by atoms with Gasteiger partial charge in [0.25, 0.3) is 11.5 Å². The molecule has 1 aromatic heterocycles. The summed E-state index contributed by atoms with van der Waals surface area (Å²) in [6.45, 7) is -0.451. The van der Waals surface area contributed by atoms with E-state index >= 15 is 0 Å². The predicted molar refractivity (Wildman–Crippen MR) is 96.2 cm³/mol. The molecule has 0 radical (unpaired) electrons. The van der Waals surface area contributed by atoms with Crippen LogP contribution in [-0.2, 0) is 24.0 Å². The molecular weight excluding hydrogens is 390 g/mol. The number of hydrogen-bond acceptors (Lipinski definition) is 3. The molecule has 0 saturated heterocycles. The topological polar surface area (TPSA) is 58.4 Å². The van der Waals surface area contributed by atoms with Crippen LogP contribution >= 0.6 is 0 Å². The number of carbonyl (C=O) groups excluding carboxylic acids is 1.